The summed E-state index contributed by atoms with van der Waals surface area (Å²) in [4.78, 5) is 0. The highest BCUT2D eigenvalue weighted by molar-refractivity contribution is 4.81. The van der Waals surface area contributed by atoms with E-state index in [-0.39, 0.29) is 0 Å². The van der Waals surface area contributed by atoms with Crippen molar-refractivity contribution in [2.75, 3.05) is 0 Å². The van der Waals surface area contributed by atoms with E-state index in [1.165, 1.54) is 6.20 Å². The lowest BCUT2D eigenvalue weighted by atomic mass is 10.8. The molecule has 0 spiro atoms. The van der Waals surface area contributed by atoms with E-state index in [2.05, 4.69) is 21.5 Å². The first-order valence-electron chi connectivity index (χ1n) is 1.55. The Morgan fingerprint density at radius 1 is 1.67 bits per heavy atom. The van der Waals surface area contributed by atoms with E-state index in [1.807, 2.05) is 0 Å². The van der Waals surface area contributed by atoms with E-state index in [0.717, 1.165) is 0 Å². The van der Waals surface area contributed by atoms with Gasteiger partial charge in [-0.1, -0.05) is 11.0 Å². The zero-order valence-electron chi connectivity index (χ0n) is 3.05. The SMILES string of the molecule is C1=CN=NNC=1. The maximum atomic E-state index is 3.42. The van der Waals surface area contributed by atoms with Crippen LogP contribution >= 0.6 is 0 Å². The second-order valence-electron chi connectivity index (χ2n) is 0.785. The molecule has 0 unspecified atom stereocenters. The van der Waals surface area contributed by atoms with Crippen LogP contribution in [0.5, 0.6) is 0 Å². The molecule has 0 aliphatic carbocycles. The molecule has 1 rings (SSSR count). The molecule has 0 atom stereocenters. The van der Waals surface area contributed by atoms with Gasteiger partial charge in [0.15, 0.2) is 0 Å². The van der Waals surface area contributed by atoms with Gasteiger partial charge in [0.05, 0.1) is 12.4 Å². The zero-order valence-corrected chi connectivity index (χ0v) is 3.05. The van der Waals surface area contributed by atoms with Gasteiger partial charge in [-0.05, 0) is 0 Å². The third kappa shape index (κ3) is 0.445. The largest absolute Gasteiger partial charge is 0.259 e. The average Bonchev–Trinajstić information content (AvgIpc) is 1.72. The van der Waals surface area contributed by atoms with Crippen molar-refractivity contribution in [3.8, 4) is 0 Å². The first-order valence-corrected chi connectivity index (χ1v) is 1.55. The smallest absolute Gasteiger partial charge is 0.0947 e. The van der Waals surface area contributed by atoms with Crippen molar-refractivity contribution < 1.29 is 0 Å². The summed E-state index contributed by atoms with van der Waals surface area (Å²) < 4.78 is 0. The molecule has 0 radical (unpaired) electrons. The molecule has 3 heteroatoms. The first-order chi connectivity index (χ1) is 3.00. The third-order valence-electron chi connectivity index (χ3n) is 0.396. The second kappa shape index (κ2) is 1.38. The molecule has 0 saturated carbocycles. The maximum absolute atomic E-state index is 3.42. The minimum atomic E-state index is 1.48. The van der Waals surface area contributed by atoms with Gasteiger partial charge in [-0.25, -0.2) is 0 Å². The van der Waals surface area contributed by atoms with Crippen molar-refractivity contribution >= 4 is 0 Å². The van der Waals surface area contributed by atoms with Crippen molar-refractivity contribution in [1.29, 1.82) is 0 Å². The molecule has 6 heavy (non-hydrogen) atoms. The maximum Gasteiger partial charge on any atom is 0.0947 e. The standard InChI is InChI=1S/C3H3N3/c1-2-4-6-5-3-1/h2-3H,(H,4,5). The molecular formula is C3H3N3. The Labute approximate surface area is 35.1 Å². The molecule has 0 aromatic carbocycles. The van der Waals surface area contributed by atoms with Crippen molar-refractivity contribution in [3.05, 3.63) is 18.1 Å². The van der Waals surface area contributed by atoms with Crippen LogP contribution in [0.2, 0.25) is 0 Å². The molecular weight excluding hydrogens is 78.1 g/mol. The van der Waals surface area contributed by atoms with Crippen molar-refractivity contribution in [2.45, 2.75) is 0 Å². The molecule has 0 saturated heterocycles. The van der Waals surface area contributed by atoms with Crippen LogP contribution in [0, 0.1) is 0 Å². The lowest BCUT2D eigenvalue weighted by Gasteiger charge is -1.82. The second-order valence-corrected chi connectivity index (χ2v) is 0.785. The Morgan fingerprint density at radius 2 is 2.67 bits per heavy atom. The number of nitrogens with zero attached hydrogens (tertiary/aromatic N) is 2. The Morgan fingerprint density at radius 3 is 2.83 bits per heavy atom. The Kier molecular flexibility index (Phi) is 0.719. The van der Waals surface area contributed by atoms with Gasteiger partial charge in [0.2, 0.25) is 0 Å². The summed E-state index contributed by atoms with van der Waals surface area (Å²) >= 11 is 0. The number of hydrogen-bond donors (Lipinski definition) is 1. The third-order valence-corrected chi connectivity index (χ3v) is 0.396. The van der Waals surface area contributed by atoms with Gasteiger partial charge in [-0.3, -0.25) is 5.43 Å². The molecule has 30 valence electrons. The van der Waals surface area contributed by atoms with Crippen molar-refractivity contribution in [2.24, 2.45) is 10.3 Å². The zero-order chi connectivity index (χ0) is 4.24. The number of hydrogen-bond acceptors (Lipinski definition) is 3. The van der Waals surface area contributed by atoms with Crippen LogP contribution in [-0.4, -0.2) is 0 Å². The van der Waals surface area contributed by atoms with Crippen LogP contribution in [0.1, 0.15) is 0 Å². The first kappa shape index (κ1) is 3.12. The van der Waals surface area contributed by atoms with Crippen LogP contribution in [0.3, 0.4) is 0 Å². The van der Waals surface area contributed by atoms with Crippen molar-refractivity contribution in [1.82, 2.24) is 5.43 Å². The lowest BCUT2D eigenvalue weighted by Crippen LogP contribution is -1.89. The lowest BCUT2D eigenvalue weighted by molar-refractivity contribution is 0.857. The van der Waals surface area contributed by atoms with Gasteiger partial charge in [0.1, 0.15) is 0 Å². The highest BCUT2D eigenvalue weighted by Crippen LogP contribution is 1.76. The normalized spacial score (nSPS) is 14.7. The van der Waals surface area contributed by atoms with Crippen LogP contribution in [0.25, 0.3) is 0 Å². The Balaban J connectivity index is 2.78. The van der Waals surface area contributed by atoms with Crippen LogP contribution in [0.4, 0.5) is 0 Å². The van der Waals surface area contributed by atoms with Gasteiger partial charge < -0.3 is 0 Å². The fourth-order valence-electron chi connectivity index (χ4n) is 0.199. The van der Waals surface area contributed by atoms with E-state index in [0.29, 0.717) is 0 Å². The highest BCUT2D eigenvalue weighted by atomic mass is 15.4. The topological polar surface area (TPSA) is 36.8 Å². The molecule has 3 nitrogen and oxygen atoms in total. The molecule has 1 heterocycles. The summed E-state index contributed by atoms with van der Waals surface area (Å²) in [5.74, 6) is 0. The Bertz CT molecular complexity index is 118. The van der Waals surface area contributed by atoms with E-state index in [4.69, 9.17) is 0 Å². The molecule has 1 aliphatic rings. The molecule has 0 amide bonds. The summed E-state index contributed by atoms with van der Waals surface area (Å²) in [7, 11) is 0. The molecule has 0 aromatic rings. The van der Waals surface area contributed by atoms with E-state index in [9.17, 15) is 0 Å². The quantitative estimate of drug-likeness (QED) is 0.425. The van der Waals surface area contributed by atoms with Gasteiger partial charge in [0.25, 0.3) is 0 Å². The van der Waals surface area contributed by atoms with Crippen LogP contribution in [0.15, 0.2) is 28.5 Å². The fourth-order valence-corrected chi connectivity index (χ4v) is 0.199. The summed E-state index contributed by atoms with van der Waals surface area (Å²) in [5, 5.41) is 6.80. The molecule has 1 N–H and O–H groups in total. The van der Waals surface area contributed by atoms with Gasteiger partial charge >= 0.3 is 0 Å². The predicted molar refractivity (Wildman–Crippen MR) is 20.6 cm³/mol. The van der Waals surface area contributed by atoms with Crippen LogP contribution in [-0.2, 0) is 0 Å². The van der Waals surface area contributed by atoms with Crippen molar-refractivity contribution in [3.63, 3.8) is 0 Å². The van der Waals surface area contributed by atoms with Gasteiger partial charge in [0, 0.05) is 0 Å². The molecule has 0 bridgehead atoms. The summed E-state index contributed by atoms with van der Waals surface area (Å²) in [6.07, 6.45) is 3.06. The van der Waals surface area contributed by atoms with Gasteiger partial charge in [-0.2, -0.15) is 0 Å². The summed E-state index contributed by atoms with van der Waals surface area (Å²) in [5.41, 5.74) is 5.14. The van der Waals surface area contributed by atoms with E-state index >= 15 is 0 Å². The van der Waals surface area contributed by atoms with Crippen LogP contribution < -0.4 is 5.43 Å². The summed E-state index contributed by atoms with van der Waals surface area (Å²) in [6, 6.07) is 0. The molecule has 0 aromatic heterocycles. The Hall–Kier alpha value is -1.08. The number of nitrogens with one attached hydrogen (secondary N) is 1. The number of rotatable bonds is 0. The van der Waals surface area contributed by atoms with Gasteiger partial charge in [-0.15, -0.1) is 5.11 Å². The predicted octanol–water partition coefficient (Wildman–Crippen LogP) is 0.583. The minimum Gasteiger partial charge on any atom is -0.259 e. The monoisotopic (exact) mass is 81.0 g/mol. The highest BCUT2D eigenvalue weighted by Gasteiger charge is 1.66. The molecule has 1 aliphatic heterocycles. The van der Waals surface area contributed by atoms with E-state index in [1.54, 1.807) is 6.20 Å². The molecule has 0 fully saturated rings. The average molecular weight is 81.1 g/mol. The van der Waals surface area contributed by atoms with E-state index < -0.39 is 0 Å². The summed E-state index contributed by atoms with van der Waals surface area (Å²) in [6.45, 7) is 0. The minimum absolute atomic E-state index is 1.48. The fraction of sp³-hybridized carbons (Fsp3) is 0.